The highest BCUT2D eigenvalue weighted by atomic mass is 28.4. The number of nitrogens with zero attached hydrogens (tertiary/aromatic N) is 1. The zero-order chi connectivity index (χ0) is 14.8. The molecule has 0 radical (unpaired) electrons. The van der Waals surface area contributed by atoms with E-state index in [9.17, 15) is 0 Å². The van der Waals surface area contributed by atoms with E-state index in [0.29, 0.717) is 0 Å². The van der Waals surface area contributed by atoms with Crippen LogP contribution in [-0.2, 0) is 13.3 Å². The van der Waals surface area contributed by atoms with E-state index >= 15 is 0 Å². The van der Waals surface area contributed by atoms with Gasteiger partial charge in [0.2, 0.25) is 0 Å². The fraction of sp³-hybridized carbons (Fsp3) is 0.500. The maximum absolute atomic E-state index is 5.36. The number of aliphatic imine (C=N–C) groups is 1. The molecule has 0 aliphatic heterocycles. The Bertz CT molecular complexity index is 396. The number of hydrogen-bond acceptors (Lipinski definition) is 5. The van der Waals surface area contributed by atoms with Crippen molar-refractivity contribution in [3.63, 3.8) is 0 Å². The van der Waals surface area contributed by atoms with Gasteiger partial charge in [-0.15, -0.1) is 0 Å². The van der Waals surface area contributed by atoms with Crippen LogP contribution in [0.2, 0.25) is 6.04 Å². The largest absolute Gasteiger partial charge is 0.500 e. The van der Waals surface area contributed by atoms with Gasteiger partial charge in [0.05, 0.1) is 7.11 Å². The van der Waals surface area contributed by atoms with Crippen LogP contribution in [0.4, 0.5) is 0 Å². The molecule has 0 aromatic heterocycles. The normalized spacial score (nSPS) is 12.0. The van der Waals surface area contributed by atoms with Crippen LogP contribution in [0.5, 0.6) is 5.75 Å². The van der Waals surface area contributed by atoms with Gasteiger partial charge in [-0.25, -0.2) is 0 Å². The molecule has 0 N–H and O–H groups in total. The molecule has 1 aromatic carbocycles. The molecule has 1 aromatic rings. The Hall–Kier alpha value is -1.21. The van der Waals surface area contributed by atoms with E-state index in [1.807, 2.05) is 30.5 Å². The minimum absolute atomic E-state index is 0.719. The molecule has 0 saturated carbocycles. The SMILES string of the molecule is COc1ccc(C=NCCC[Si](OC)(OC)OC)cc1. The number of benzene rings is 1. The van der Waals surface area contributed by atoms with Crippen molar-refractivity contribution in [3.05, 3.63) is 29.8 Å². The summed E-state index contributed by atoms with van der Waals surface area (Å²) in [6.45, 7) is 0.719. The van der Waals surface area contributed by atoms with E-state index in [1.54, 1.807) is 28.4 Å². The molecule has 1 rings (SSSR count). The summed E-state index contributed by atoms with van der Waals surface area (Å²) in [6.07, 6.45) is 2.73. The summed E-state index contributed by atoms with van der Waals surface area (Å²) in [7, 11) is 4.08. The van der Waals surface area contributed by atoms with Crippen molar-refractivity contribution in [2.45, 2.75) is 12.5 Å². The average molecular weight is 297 g/mol. The Balaban J connectivity index is 2.37. The quantitative estimate of drug-likeness (QED) is 0.399. The molecule has 0 atom stereocenters. The Labute approximate surface area is 121 Å². The average Bonchev–Trinajstić information content (AvgIpc) is 2.52. The smallest absolute Gasteiger partial charge is 0.497 e. The molecule has 20 heavy (non-hydrogen) atoms. The highest BCUT2D eigenvalue weighted by Crippen LogP contribution is 2.15. The third-order valence-electron chi connectivity index (χ3n) is 3.06. The summed E-state index contributed by atoms with van der Waals surface area (Å²) in [4.78, 5) is 4.39. The highest BCUT2D eigenvalue weighted by molar-refractivity contribution is 6.60. The van der Waals surface area contributed by atoms with Gasteiger partial charge >= 0.3 is 8.80 Å². The number of hydrogen-bond donors (Lipinski definition) is 0. The van der Waals surface area contributed by atoms with Crippen LogP contribution in [0.1, 0.15) is 12.0 Å². The van der Waals surface area contributed by atoms with Gasteiger partial charge in [-0.2, -0.15) is 0 Å². The molecule has 0 aliphatic rings. The summed E-state index contributed by atoms with van der Waals surface area (Å²) in [5, 5.41) is 0. The molecular formula is C14H23NO4Si. The molecule has 0 heterocycles. The molecular weight excluding hydrogens is 274 g/mol. The first-order chi connectivity index (χ1) is 9.69. The van der Waals surface area contributed by atoms with Gasteiger partial charge < -0.3 is 18.0 Å². The lowest BCUT2D eigenvalue weighted by Gasteiger charge is -2.23. The van der Waals surface area contributed by atoms with Crippen molar-refractivity contribution in [2.75, 3.05) is 35.0 Å². The fourth-order valence-corrected chi connectivity index (χ4v) is 3.51. The Morgan fingerprint density at radius 2 is 1.60 bits per heavy atom. The molecule has 0 saturated heterocycles. The summed E-state index contributed by atoms with van der Waals surface area (Å²) < 4.78 is 21.2. The maximum atomic E-state index is 5.36. The molecule has 0 spiro atoms. The fourth-order valence-electron chi connectivity index (χ4n) is 1.80. The minimum Gasteiger partial charge on any atom is -0.497 e. The monoisotopic (exact) mass is 297 g/mol. The summed E-state index contributed by atoms with van der Waals surface area (Å²) in [6, 6.07) is 8.54. The van der Waals surface area contributed by atoms with Crippen LogP contribution in [0.15, 0.2) is 29.3 Å². The second kappa shape index (κ2) is 8.86. The van der Waals surface area contributed by atoms with Crippen LogP contribution in [0.3, 0.4) is 0 Å². The Morgan fingerprint density at radius 3 is 2.10 bits per heavy atom. The van der Waals surface area contributed by atoms with Gasteiger partial charge in [0.1, 0.15) is 5.75 Å². The predicted molar refractivity (Wildman–Crippen MR) is 81.7 cm³/mol. The number of rotatable bonds is 9. The molecule has 0 fully saturated rings. The maximum Gasteiger partial charge on any atom is 0.500 e. The first-order valence-corrected chi connectivity index (χ1v) is 8.42. The van der Waals surface area contributed by atoms with Gasteiger partial charge in [0, 0.05) is 40.1 Å². The standard InChI is InChI=1S/C14H23NO4Si/c1-16-14-8-6-13(7-9-14)12-15-10-5-11-20(17-2,18-3)19-4/h6-9,12H,5,10-11H2,1-4H3. The van der Waals surface area contributed by atoms with E-state index in [2.05, 4.69) is 4.99 Å². The molecule has 6 heteroatoms. The van der Waals surface area contributed by atoms with Gasteiger partial charge in [0.15, 0.2) is 0 Å². The lowest BCUT2D eigenvalue weighted by atomic mass is 10.2. The molecule has 5 nitrogen and oxygen atoms in total. The van der Waals surface area contributed by atoms with Crippen LogP contribution in [0, 0.1) is 0 Å². The first-order valence-electron chi connectivity index (χ1n) is 6.49. The van der Waals surface area contributed by atoms with Crippen LogP contribution in [-0.4, -0.2) is 50.0 Å². The predicted octanol–water partition coefficient (Wildman–Crippen LogP) is 2.38. The van der Waals surface area contributed by atoms with Crippen molar-refractivity contribution in [1.29, 1.82) is 0 Å². The van der Waals surface area contributed by atoms with E-state index in [0.717, 1.165) is 30.3 Å². The van der Waals surface area contributed by atoms with Crippen molar-refractivity contribution in [1.82, 2.24) is 0 Å². The van der Waals surface area contributed by atoms with Crippen molar-refractivity contribution in [2.24, 2.45) is 4.99 Å². The first kappa shape index (κ1) is 16.8. The van der Waals surface area contributed by atoms with E-state index < -0.39 is 8.80 Å². The lowest BCUT2D eigenvalue weighted by molar-refractivity contribution is 0.123. The minimum atomic E-state index is -2.45. The van der Waals surface area contributed by atoms with Crippen molar-refractivity contribution >= 4 is 15.0 Å². The molecule has 0 bridgehead atoms. The third-order valence-corrected chi connectivity index (χ3v) is 5.89. The summed E-state index contributed by atoms with van der Waals surface area (Å²) >= 11 is 0. The second-order valence-corrected chi connectivity index (χ2v) is 7.30. The lowest BCUT2D eigenvalue weighted by Crippen LogP contribution is -2.42. The number of ether oxygens (including phenoxy) is 1. The van der Waals surface area contributed by atoms with Crippen LogP contribution >= 0.6 is 0 Å². The molecule has 0 unspecified atom stereocenters. The summed E-state index contributed by atoms with van der Waals surface area (Å²) in [5.41, 5.74) is 1.06. The van der Waals surface area contributed by atoms with E-state index in [1.165, 1.54) is 0 Å². The highest BCUT2D eigenvalue weighted by Gasteiger charge is 2.36. The molecule has 0 amide bonds. The Kier molecular flexibility index (Phi) is 7.46. The molecule has 112 valence electrons. The zero-order valence-electron chi connectivity index (χ0n) is 12.6. The van der Waals surface area contributed by atoms with E-state index in [-0.39, 0.29) is 0 Å². The zero-order valence-corrected chi connectivity index (χ0v) is 13.6. The number of methoxy groups -OCH3 is 1. The van der Waals surface area contributed by atoms with Gasteiger partial charge in [-0.1, -0.05) is 0 Å². The summed E-state index contributed by atoms with van der Waals surface area (Å²) in [5.74, 6) is 0.846. The van der Waals surface area contributed by atoms with Crippen LogP contribution in [0.25, 0.3) is 0 Å². The molecule has 0 aliphatic carbocycles. The van der Waals surface area contributed by atoms with Gasteiger partial charge in [-0.05, 0) is 36.2 Å². The van der Waals surface area contributed by atoms with E-state index in [4.69, 9.17) is 18.0 Å². The second-order valence-electron chi connectivity index (χ2n) is 4.21. The van der Waals surface area contributed by atoms with Crippen molar-refractivity contribution < 1.29 is 18.0 Å². The van der Waals surface area contributed by atoms with Crippen LogP contribution < -0.4 is 4.74 Å². The third kappa shape index (κ3) is 5.05. The van der Waals surface area contributed by atoms with Gasteiger partial charge in [0.25, 0.3) is 0 Å². The Morgan fingerprint density at radius 1 is 1.00 bits per heavy atom. The van der Waals surface area contributed by atoms with Crippen molar-refractivity contribution in [3.8, 4) is 5.75 Å². The topological polar surface area (TPSA) is 49.3 Å². The van der Waals surface area contributed by atoms with Gasteiger partial charge in [-0.3, -0.25) is 4.99 Å².